The molecule has 0 saturated heterocycles. The topological polar surface area (TPSA) is 38.0 Å². The van der Waals surface area contributed by atoms with Crippen molar-refractivity contribution in [3.63, 3.8) is 0 Å². The molecule has 1 aliphatic carbocycles. The van der Waals surface area contributed by atoms with Crippen LogP contribution in [0.4, 0.5) is 0 Å². The lowest BCUT2D eigenvalue weighted by molar-refractivity contribution is 0.475. The molecule has 0 aromatic heterocycles. The molecule has 1 aromatic rings. The number of hydrogen-bond donors (Lipinski definition) is 2. The van der Waals surface area contributed by atoms with Crippen LogP contribution in [0.25, 0.3) is 0 Å². The van der Waals surface area contributed by atoms with E-state index in [2.05, 4.69) is 43.5 Å². The van der Waals surface area contributed by atoms with E-state index in [1.165, 1.54) is 17.5 Å². The summed E-state index contributed by atoms with van der Waals surface area (Å²) in [5.41, 5.74) is 5.69. The van der Waals surface area contributed by atoms with Crippen molar-refractivity contribution in [3.8, 4) is 0 Å². The first kappa shape index (κ1) is 10.7. The number of nitrogens with one attached hydrogen (secondary N) is 1. The van der Waals surface area contributed by atoms with E-state index in [0.717, 1.165) is 18.3 Å². The molecule has 2 rings (SSSR count). The minimum absolute atomic E-state index is 0.339. The summed E-state index contributed by atoms with van der Waals surface area (Å²) in [6, 6.07) is 9.09. The fourth-order valence-corrected chi connectivity index (χ4v) is 2.29. The summed E-state index contributed by atoms with van der Waals surface area (Å²) in [7, 11) is 0. The molecular weight excluding hydrogens is 184 g/mol. The van der Waals surface area contributed by atoms with Gasteiger partial charge in [0.1, 0.15) is 0 Å². The Labute approximate surface area is 91.8 Å². The Morgan fingerprint density at radius 1 is 1.53 bits per heavy atom. The van der Waals surface area contributed by atoms with Gasteiger partial charge in [-0.15, -0.1) is 0 Å². The minimum atomic E-state index is 0.339. The van der Waals surface area contributed by atoms with Gasteiger partial charge in [0.2, 0.25) is 0 Å². The standard InChI is InChI=1S/C13H20N2/c1-3-10-5-4-6-11(8-10)13(15-14)12-7-9(12)2/h4-6,8-9,12-13,15H,3,7,14H2,1-2H3. The van der Waals surface area contributed by atoms with Crippen molar-refractivity contribution < 1.29 is 0 Å². The first-order valence-electron chi connectivity index (χ1n) is 5.81. The molecule has 2 heteroatoms. The van der Waals surface area contributed by atoms with E-state index < -0.39 is 0 Å². The molecule has 0 aliphatic heterocycles. The second-order valence-electron chi connectivity index (χ2n) is 4.62. The molecule has 1 aliphatic rings. The zero-order valence-electron chi connectivity index (χ0n) is 9.53. The van der Waals surface area contributed by atoms with E-state index in [4.69, 9.17) is 5.84 Å². The summed E-state index contributed by atoms with van der Waals surface area (Å²) in [6.07, 6.45) is 2.39. The van der Waals surface area contributed by atoms with Gasteiger partial charge in [0.05, 0.1) is 0 Å². The fraction of sp³-hybridized carbons (Fsp3) is 0.538. The monoisotopic (exact) mass is 204 g/mol. The van der Waals surface area contributed by atoms with Crippen molar-refractivity contribution in [2.24, 2.45) is 17.7 Å². The van der Waals surface area contributed by atoms with E-state index in [-0.39, 0.29) is 0 Å². The van der Waals surface area contributed by atoms with Gasteiger partial charge in [0, 0.05) is 6.04 Å². The van der Waals surface area contributed by atoms with E-state index in [9.17, 15) is 0 Å². The average Bonchev–Trinajstić information content (AvgIpc) is 2.97. The lowest BCUT2D eigenvalue weighted by atomic mass is 9.99. The second kappa shape index (κ2) is 4.33. The summed E-state index contributed by atoms with van der Waals surface area (Å²) in [5, 5.41) is 0. The van der Waals surface area contributed by atoms with Gasteiger partial charge in [0.15, 0.2) is 0 Å². The van der Waals surface area contributed by atoms with Crippen LogP contribution in [0, 0.1) is 11.8 Å². The molecule has 0 bridgehead atoms. The molecule has 0 radical (unpaired) electrons. The van der Waals surface area contributed by atoms with Crippen LogP contribution < -0.4 is 11.3 Å². The first-order valence-corrected chi connectivity index (χ1v) is 5.81. The highest BCUT2D eigenvalue weighted by Gasteiger charge is 2.39. The predicted octanol–water partition coefficient (Wildman–Crippen LogP) is 2.41. The van der Waals surface area contributed by atoms with Crippen LogP contribution in [0.3, 0.4) is 0 Å². The highest BCUT2D eigenvalue weighted by atomic mass is 15.2. The molecule has 15 heavy (non-hydrogen) atoms. The molecule has 3 N–H and O–H groups in total. The van der Waals surface area contributed by atoms with Gasteiger partial charge in [-0.25, -0.2) is 0 Å². The van der Waals surface area contributed by atoms with Crippen LogP contribution in [0.2, 0.25) is 0 Å². The van der Waals surface area contributed by atoms with E-state index in [1.54, 1.807) is 0 Å². The molecule has 1 saturated carbocycles. The van der Waals surface area contributed by atoms with Crippen LogP contribution in [0.1, 0.15) is 37.4 Å². The molecule has 3 atom stereocenters. The van der Waals surface area contributed by atoms with E-state index in [0.29, 0.717) is 6.04 Å². The Hall–Kier alpha value is -0.860. The molecule has 1 aromatic carbocycles. The highest BCUT2D eigenvalue weighted by molar-refractivity contribution is 5.27. The number of nitrogens with two attached hydrogens (primary N) is 1. The van der Waals surface area contributed by atoms with Crippen LogP contribution in [0.15, 0.2) is 24.3 Å². The van der Waals surface area contributed by atoms with E-state index >= 15 is 0 Å². The molecule has 0 spiro atoms. The van der Waals surface area contributed by atoms with Crippen LogP contribution in [0.5, 0.6) is 0 Å². The van der Waals surface area contributed by atoms with Crippen molar-refractivity contribution in [1.29, 1.82) is 0 Å². The Kier molecular flexibility index (Phi) is 3.08. The Bertz CT molecular complexity index is 335. The normalized spacial score (nSPS) is 26.3. The molecule has 3 unspecified atom stereocenters. The maximum Gasteiger partial charge on any atom is 0.0490 e. The van der Waals surface area contributed by atoms with Gasteiger partial charge in [-0.05, 0) is 35.8 Å². The molecule has 2 nitrogen and oxygen atoms in total. The third-order valence-electron chi connectivity index (χ3n) is 3.50. The number of hydrazine groups is 1. The summed E-state index contributed by atoms with van der Waals surface area (Å²) >= 11 is 0. The quantitative estimate of drug-likeness (QED) is 0.584. The van der Waals surface area contributed by atoms with Crippen molar-refractivity contribution >= 4 is 0 Å². The molecular formula is C13H20N2. The van der Waals surface area contributed by atoms with Gasteiger partial charge in [0.25, 0.3) is 0 Å². The summed E-state index contributed by atoms with van der Waals surface area (Å²) in [5.74, 6) is 7.19. The van der Waals surface area contributed by atoms with Crippen molar-refractivity contribution in [2.75, 3.05) is 0 Å². The SMILES string of the molecule is CCc1cccc(C(NN)C2CC2C)c1. The summed E-state index contributed by atoms with van der Waals surface area (Å²) in [6.45, 7) is 4.47. The van der Waals surface area contributed by atoms with Crippen LogP contribution >= 0.6 is 0 Å². The largest absolute Gasteiger partial charge is 0.271 e. The lowest BCUT2D eigenvalue weighted by Crippen LogP contribution is -2.29. The van der Waals surface area contributed by atoms with Crippen LogP contribution in [-0.4, -0.2) is 0 Å². The molecule has 0 amide bonds. The lowest BCUT2D eigenvalue weighted by Gasteiger charge is -2.16. The fourth-order valence-electron chi connectivity index (χ4n) is 2.29. The number of benzene rings is 1. The average molecular weight is 204 g/mol. The number of hydrogen-bond acceptors (Lipinski definition) is 2. The van der Waals surface area contributed by atoms with Gasteiger partial charge in [-0.3, -0.25) is 11.3 Å². The molecule has 82 valence electrons. The summed E-state index contributed by atoms with van der Waals surface area (Å²) in [4.78, 5) is 0. The van der Waals surface area contributed by atoms with Crippen molar-refractivity contribution in [1.82, 2.24) is 5.43 Å². The van der Waals surface area contributed by atoms with Gasteiger partial charge in [-0.1, -0.05) is 38.1 Å². The van der Waals surface area contributed by atoms with Gasteiger partial charge < -0.3 is 0 Å². The zero-order valence-corrected chi connectivity index (χ0v) is 9.53. The Morgan fingerprint density at radius 2 is 2.27 bits per heavy atom. The van der Waals surface area contributed by atoms with Crippen molar-refractivity contribution in [2.45, 2.75) is 32.7 Å². The van der Waals surface area contributed by atoms with E-state index in [1.807, 2.05) is 0 Å². The number of aryl methyl sites for hydroxylation is 1. The third-order valence-corrected chi connectivity index (χ3v) is 3.50. The number of rotatable bonds is 4. The smallest absolute Gasteiger partial charge is 0.0490 e. The highest BCUT2D eigenvalue weighted by Crippen LogP contribution is 2.46. The minimum Gasteiger partial charge on any atom is -0.271 e. The third kappa shape index (κ3) is 2.21. The van der Waals surface area contributed by atoms with Crippen molar-refractivity contribution in [3.05, 3.63) is 35.4 Å². The molecule has 1 fully saturated rings. The maximum absolute atomic E-state index is 5.65. The summed E-state index contributed by atoms with van der Waals surface area (Å²) < 4.78 is 0. The second-order valence-corrected chi connectivity index (χ2v) is 4.62. The van der Waals surface area contributed by atoms with Gasteiger partial charge >= 0.3 is 0 Å². The zero-order chi connectivity index (χ0) is 10.8. The predicted molar refractivity (Wildman–Crippen MR) is 63.2 cm³/mol. The van der Waals surface area contributed by atoms with Crippen LogP contribution in [-0.2, 0) is 6.42 Å². The maximum atomic E-state index is 5.65. The Morgan fingerprint density at radius 3 is 2.80 bits per heavy atom. The Balaban J connectivity index is 2.18. The first-order chi connectivity index (χ1) is 7.26. The van der Waals surface area contributed by atoms with Gasteiger partial charge in [-0.2, -0.15) is 0 Å². The molecule has 0 heterocycles.